The first-order valence-corrected chi connectivity index (χ1v) is 9.26. The van der Waals surface area contributed by atoms with Crippen molar-refractivity contribution >= 4 is 0 Å². The van der Waals surface area contributed by atoms with Gasteiger partial charge in [-0.25, -0.2) is 0 Å². The summed E-state index contributed by atoms with van der Waals surface area (Å²) in [6, 6.07) is 9.23. The number of benzene rings is 2. The molecule has 5 nitrogen and oxygen atoms in total. The van der Waals surface area contributed by atoms with Crippen molar-refractivity contribution in [3.8, 4) is 23.0 Å². The summed E-state index contributed by atoms with van der Waals surface area (Å²) in [7, 11) is 8.97. The molecule has 3 atom stereocenters. The molecule has 1 aliphatic carbocycles. The van der Waals surface area contributed by atoms with Gasteiger partial charge in [-0.3, -0.25) is 4.90 Å². The molecule has 2 heterocycles. The van der Waals surface area contributed by atoms with Crippen LogP contribution in [0.5, 0.6) is 23.0 Å². The Morgan fingerprint density at radius 2 is 1.22 bits per heavy atom. The minimum Gasteiger partial charge on any atom is -0.493 e. The molecule has 0 saturated heterocycles. The Balaban J connectivity index is 1.98. The average molecular weight is 369 g/mol. The van der Waals surface area contributed by atoms with Gasteiger partial charge >= 0.3 is 0 Å². The fourth-order valence-electron chi connectivity index (χ4n) is 4.76. The Kier molecular flexibility index (Phi) is 4.42. The van der Waals surface area contributed by atoms with Crippen LogP contribution < -0.4 is 18.9 Å². The maximum atomic E-state index is 5.60. The molecule has 5 heteroatoms. The van der Waals surface area contributed by atoms with E-state index in [9.17, 15) is 0 Å². The van der Waals surface area contributed by atoms with Crippen LogP contribution in [0.15, 0.2) is 24.3 Å². The number of rotatable bonds is 4. The minimum absolute atomic E-state index is 0.235. The molecular weight excluding hydrogens is 342 g/mol. The molecule has 0 radical (unpaired) electrons. The van der Waals surface area contributed by atoms with Gasteiger partial charge in [0.1, 0.15) is 0 Å². The van der Waals surface area contributed by atoms with Gasteiger partial charge in [0.15, 0.2) is 23.0 Å². The number of nitrogens with zero attached hydrogens (tertiary/aromatic N) is 1. The van der Waals surface area contributed by atoms with Crippen molar-refractivity contribution in [1.82, 2.24) is 4.90 Å². The molecular formula is C22H27NO4. The Morgan fingerprint density at radius 3 is 1.78 bits per heavy atom. The van der Waals surface area contributed by atoms with Gasteiger partial charge in [0.25, 0.3) is 0 Å². The molecule has 0 fully saturated rings. The van der Waals surface area contributed by atoms with Gasteiger partial charge in [-0.05, 0) is 66.9 Å². The van der Waals surface area contributed by atoms with Crippen LogP contribution in [0.3, 0.4) is 0 Å². The highest BCUT2D eigenvalue weighted by Crippen LogP contribution is 2.52. The summed E-state index contributed by atoms with van der Waals surface area (Å²) in [4.78, 5) is 2.47. The minimum atomic E-state index is 0.235. The number of methoxy groups -OCH3 is 4. The van der Waals surface area contributed by atoms with Gasteiger partial charge < -0.3 is 18.9 Å². The standard InChI is InChI=1S/C22H27NO4/c1-12-22-14-9-19(25-4)18(24-3)8-13(14)7-17(23(12)2)15-10-20(26-5)21(27-6)11-16(15)22/h8-12,17,22H,7H2,1-6H3/t12-,17+,22+/m1/s1. The maximum Gasteiger partial charge on any atom is 0.161 e. The van der Waals surface area contributed by atoms with E-state index in [2.05, 4.69) is 43.1 Å². The van der Waals surface area contributed by atoms with Gasteiger partial charge in [-0.1, -0.05) is 0 Å². The Hall–Kier alpha value is -2.40. The molecule has 2 aliphatic heterocycles. The monoisotopic (exact) mass is 369 g/mol. The third-order valence-corrected chi connectivity index (χ3v) is 6.29. The van der Waals surface area contributed by atoms with E-state index in [0.29, 0.717) is 6.04 Å². The first kappa shape index (κ1) is 18.0. The van der Waals surface area contributed by atoms with Crippen LogP contribution in [0.4, 0.5) is 0 Å². The van der Waals surface area contributed by atoms with Crippen LogP contribution in [-0.2, 0) is 6.42 Å². The van der Waals surface area contributed by atoms with Gasteiger partial charge in [0, 0.05) is 18.0 Å². The van der Waals surface area contributed by atoms with E-state index in [4.69, 9.17) is 18.9 Å². The van der Waals surface area contributed by atoms with Gasteiger partial charge in [0.2, 0.25) is 0 Å². The van der Waals surface area contributed by atoms with Crippen LogP contribution in [0.25, 0.3) is 0 Å². The zero-order valence-electron chi connectivity index (χ0n) is 16.8. The molecule has 0 saturated carbocycles. The predicted molar refractivity (Wildman–Crippen MR) is 105 cm³/mol. The van der Waals surface area contributed by atoms with Crippen molar-refractivity contribution < 1.29 is 18.9 Å². The van der Waals surface area contributed by atoms with Crippen molar-refractivity contribution in [2.45, 2.75) is 31.3 Å². The van der Waals surface area contributed by atoms with Crippen molar-refractivity contribution in [1.29, 1.82) is 0 Å². The Morgan fingerprint density at radius 1 is 0.741 bits per heavy atom. The summed E-state index contributed by atoms with van der Waals surface area (Å²) >= 11 is 0. The van der Waals surface area contributed by atoms with Crippen molar-refractivity contribution in [3.63, 3.8) is 0 Å². The zero-order chi connectivity index (χ0) is 19.3. The number of hydrogen-bond acceptors (Lipinski definition) is 5. The number of hydrogen-bond donors (Lipinski definition) is 0. The third-order valence-electron chi connectivity index (χ3n) is 6.29. The largest absolute Gasteiger partial charge is 0.493 e. The first-order chi connectivity index (χ1) is 13.0. The zero-order valence-corrected chi connectivity index (χ0v) is 16.8. The van der Waals surface area contributed by atoms with E-state index >= 15 is 0 Å². The molecule has 2 aromatic carbocycles. The van der Waals surface area contributed by atoms with Crippen LogP contribution in [0, 0.1) is 0 Å². The van der Waals surface area contributed by atoms with E-state index in [-0.39, 0.29) is 12.0 Å². The van der Waals surface area contributed by atoms with E-state index in [1.54, 1.807) is 28.4 Å². The van der Waals surface area contributed by atoms with E-state index in [1.807, 2.05) is 0 Å². The summed E-state index contributed by atoms with van der Waals surface area (Å²) in [5.74, 6) is 3.36. The van der Waals surface area contributed by atoms with Gasteiger partial charge in [-0.2, -0.15) is 0 Å². The molecule has 2 aromatic rings. The molecule has 0 aromatic heterocycles. The Labute approximate surface area is 160 Å². The highest BCUT2D eigenvalue weighted by atomic mass is 16.5. The van der Waals surface area contributed by atoms with Gasteiger partial charge in [0.05, 0.1) is 28.4 Å². The normalized spacial score (nSPS) is 23.3. The molecule has 0 spiro atoms. The second-order valence-corrected chi connectivity index (χ2v) is 7.35. The number of likely N-dealkylation sites (N-methyl/N-ethyl adjacent to an activating group) is 1. The molecule has 0 unspecified atom stereocenters. The topological polar surface area (TPSA) is 40.2 Å². The molecule has 144 valence electrons. The second kappa shape index (κ2) is 6.64. The first-order valence-electron chi connectivity index (χ1n) is 9.26. The van der Waals surface area contributed by atoms with Crippen LogP contribution in [0.1, 0.15) is 41.1 Å². The van der Waals surface area contributed by atoms with Gasteiger partial charge in [-0.15, -0.1) is 0 Å². The smallest absolute Gasteiger partial charge is 0.161 e. The summed E-state index contributed by atoms with van der Waals surface area (Å²) in [5.41, 5.74) is 5.25. The van der Waals surface area contributed by atoms with E-state index in [0.717, 1.165) is 29.4 Å². The lowest BCUT2D eigenvalue weighted by molar-refractivity contribution is 0.159. The SMILES string of the molecule is COc1cc2c(cc1OC)[C@H]1c3cc(OC)c(OC)cc3[C@H](C2)N(C)[C@@H]1C. The molecule has 0 N–H and O–H groups in total. The summed E-state index contributed by atoms with van der Waals surface area (Å²) in [6.07, 6.45) is 0.926. The molecule has 27 heavy (non-hydrogen) atoms. The maximum absolute atomic E-state index is 5.60. The van der Waals surface area contributed by atoms with Crippen molar-refractivity contribution in [2.75, 3.05) is 35.5 Å². The number of fused-ring (bicyclic) bond motifs is 1. The van der Waals surface area contributed by atoms with E-state index in [1.165, 1.54) is 22.3 Å². The second-order valence-electron chi connectivity index (χ2n) is 7.35. The number of ether oxygens (including phenoxy) is 4. The lowest BCUT2D eigenvalue weighted by atomic mass is 9.79. The van der Waals surface area contributed by atoms with Crippen molar-refractivity contribution in [3.05, 3.63) is 46.5 Å². The molecule has 0 amide bonds. The fraction of sp³-hybridized carbons (Fsp3) is 0.455. The molecule has 2 bridgehead atoms. The Bertz CT molecular complexity index is 879. The highest BCUT2D eigenvalue weighted by molar-refractivity contribution is 5.59. The summed E-state index contributed by atoms with van der Waals surface area (Å²) in [5, 5.41) is 0. The lowest BCUT2D eigenvalue weighted by Crippen LogP contribution is -2.41. The van der Waals surface area contributed by atoms with Crippen LogP contribution >= 0.6 is 0 Å². The fourth-order valence-corrected chi connectivity index (χ4v) is 4.76. The average Bonchev–Trinajstić information content (AvgIpc) is 2.89. The quantitative estimate of drug-likeness (QED) is 0.820. The van der Waals surface area contributed by atoms with Crippen LogP contribution in [-0.4, -0.2) is 46.4 Å². The lowest BCUT2D eigenvalue weighted by Gasteiger charge is -2.42. The summed E-state index contributed by atoms with van der Waals surface area (Å²) < 4.78 is 22.3. The highest BCUT2D eigenvalue weighted by Gasteiger charge is 2.43. The van der Waals surface area contributed by atoms with Crippen LogP contribution in [0.2, 0.25) is 0 Å². The predicted octanol–water partition coefficient (Wildman–Crippen LogP) is 3.78. The molecule has 3 aliphatic rings. The summed E-state index contributed by atoms with van der Waals surface area (Å²) in [6.45, 7) is 2.29. The molecule has 5 rings (SSSR count). The third kappa shape index (κ3) is 2.56. The van der Waals surface area contributed by atoms with E-state index < -0.39 is 0 Å². The van der Waals surface area contributed by atoms with Crippen molar-refractivity contribution in [2.24, 2.45) is 0 Å².